The molecule has 1 aliphatic rings. The molecule has 0 unspecified atom stereocenters. The minimum atomic E-state index is -1.00. The number of carbonyl (C=O) groups is 1. The van der Waals surface area contributed by atoms with E-state index in [2.05, 4.69) is 71.1 Å². The van der Waals surface area contributed by atoms with Crippen LogP contribution in [0.4, 0.5) is 0 Å². The molecule has 5 nitrogen and oxygen atoms in total. The number of nitrogens with one attached hydrogen (secondary N) is 1. The summed E-state index contributed by atoms with van der Waals surface area (Å²) in [4.78, 5) is 11.6. The monoisotopic (exact) mass is 543 g/mol. The Kier molecular flexibility index (Phi) is 8.94. The molecule has 2 N–H and O–H groups in total. The van der Waals surface area contributed by atoms with Crippen LogP contribution in [0, 0.1) is 0 Å². The summed E-state index contributed by atoms with van der Waals surface area (Å²) in [7, 11) is 1.50. The number of benzene rings is 3. The summed E-state index contributed by atoms with van der Waals surface area (Å²) in [5.41, 5.74) is 7.29. The summed E-state index contributed by atoms with van der Waals surface area (Å²) in [5, 5.41) is 13.0. The van der Waals surface area contributed by atoms with E-state index >= 15 is 0 Å². The molecule has 0 bridgehead atoms. The van der Waals surface area contributed by atoms with Gasteiger partial charge in [-0.2, -0.15) is 0 Å². The van der Waals surface area contributed by atoms with Gasteiger partial charge in [0.05, 0.1) is 13.7 Å². The third kappa shape index (κ3) is 6.52. The van der Waals surface area contributed by atoms with Crippen molar-refractivity contribution in [2.45, 2.75) is 84.1 Å². The Morgan fingerprint density at radius 3 is 2.17 bits per heavy atom. The van der Waals surface area contributed by atoms with E-state index in [0.717, 1.165) is 53.8 Å². The molecular weight excluding hydrogens is 498 g/mol. The van der Waals surface area contributed by atoms with Crippen LogP contribution in [0.2, 0.25) is 0 Å². The number of rotatable bonds is 11. The molecule has 40 heavy (non-hydrogen) atoms. The van der Waals surface area contributed by atoms with Crippen LogP contribution in [0.15, 0.2) is 54.6 Å². The first-order valence-corrected chi connectivity index (χ1v) is 14.5. The Labute approximate surface area is 239 Å². The molecule has 214 valence electrons. The normalized spacial score (nSPS) is 15.5. The van der Waals surface area contributed by atoms with Crippen LogP contribution in [0.1, 0.15) is 88.7 Å². The zero-order valence-corrected chi connectivity index (χ0v) is 25.2. The zero-order chi connectivity index (χ0) is 29.1. The van der Waals surface area contributed by atoms with Gasteiger partial charge in [-0.05, 0) is 95.1 Å². The van der Waals surface area contributed by atoms with E-state index < -0.39 is 5.97 Å². The number of hydrogen-bond acceptors (Lipinski definition) is 4. The average Bonchev–Trinajstić information content (AvgIpc) is 2.92. The average molecular weight is 544 g/mol. The van der Waals surface area contributed by atoms with E-state index in [1.54, 1.807) is 12.1 Å². The molecule has 5 heteroatoms. The van der Waals surface area contributed by atoms with E-state index in [-0.39, 0.29) is 16.4 Å². The summed E-state index contributed by atoms with van der Waals surface area (Å²) < 4.78 is 11.8. The second-order valence-electron chi connectivity index (χ2n) is 12.6. The summed E-state index contributed by atoms with van der Waals surface area (Å²) in [6, 6.07) is 18.9. The predicted molar refractivity (Wildman–Crippen MR) is 164 cm³/mol. The van der Waals surface area contributed by atoms with Crippen molar-refractivity contribution < 1.29 is 19.4 Å². The fourth-order valence-electron chi connectivity index (χ4n) is 5.66. The fraction of sp³-hybridized carbons (Fsp3) is 0.457. The van der Waals surface area contributed by atoms with Crippen molar-refractivity contribution in [2.75, 3.05) is 20.3 Å². The van der Waals surface area contributed by atoms with Gasteiger partial charge in [0.1, 0.15) is 17.1 Å². The van der Waals surface area contributed by atoms with Crippen LogP contribution < -0.4 is 14.8 Å². The van der Waals surface area contributed by atoms with Crippen LogP contribution >= 0.6 is 0 Å². The molecule has 0 atom stereocenters. The maximum Gasteiger partial charge on any atom is 0.339 e. The van der Waals surface area contributed by atoms with E-state index in [1.165, 1.54) is 24.7 Å². The first-order chi connectivity index (χ1) is 18.9. The van der Waals surface area contributed by atoms with Gasteiger partial charge in [-0.3, -0.25) is 0 Å². The lowest BCUT2D eigenvalue weighted by atomic mass is 9.63. The van der Waals surface area contributed by atoms with Crippen LogP contribution in [-0.2, 0) is 10.8 Å². The molecule has 1 aliphatic carbocycles. The molecule has 4 rings (SSSR count). The molecule has 0 radical (unpaired) electrons. The number of carboxylic acids is 1. The standard InChI is InChI=1S/C35H45NO4/c1-23(2)36-18-8-9-19-40-31-15-12-24(25-10-13-27(33(37)38)32(22-25)39-7)20-28(31)26-11-14-29-30(21-26)35(5,6)17-16-34(29,3)4/h10-15,20-23,36H,8-9,16-19H2,1-7H3,(H,37,38). The number of aromatic carboxylic acids is 1. The predicted octanol–water partition coefficient (Wildman–Crippen LogP) is 8.23. The molecule has 0 fully saturated rings. The number of ether oxygens (including phenoxy) is 2. The van der Waals surface area contributed by atoms with E-state index in [9.17, 15) is 9.90 Å². The molecule has 0 spiro atoms. The topological polar surface area (TPSA) is 67.8 Å². The third-order valence-electron chi connectivity index (χ3n) is 8.29. The Morgan fingerprint density at radius 1 is 0.850 bits per heavy atom. The lowest BCUT2D eigenvalue weighted by Gasteiger charge is -2.42. The van der Waals surface area contributed by atoms with Crippen LogP contribution in [0.5, 0.6) is 11.5 Å². The van der Waals surface area contributed by atoms with Gasteiger partial charge < -0.3 is 19.9 Å². The van der Waals surface area contributed by atoms with Gasteiger partial charge in [-0.15, -0.1) is 0 Å². The minimum Gasteiger partial charge on any atom is -0.496 e. The largest absolute Gasteiger partial charge is 0.496 e. The molecule has 3 aromatic rings. The van der Waals surface area contributed by atoms with Crippen molar-refractivity contribution in [3.8, 4) is 33.8 Å². The first-order valence-electron chi connectivity index (χ1n) is 14.5. The maximum absolute atomic E-state index is 11.6. The van der Waals surface area contributed by atoms with Crippen molar-refractivity contribution >= 4 is 5.97 Å². The van der Waals surface area contributed by atoms with Crippen LogP contribution in [-0.4, -0.2) is 37.4 Å². The smallest absolute Gasteiger partial charge is 0.339 e. The SMILES string of the molecule is COc1cc(-c2ccc(OCCCCNC(C)C)c(-c3ccc4c(c3)C(C)(C)CCC4(C)C)c2)ccc1C(=O)O. The van der Waals surface area contributed by atoms with Crippen molar-refractivity contribution in [2.24, 2.45) is 0 Å². The number of methoxy groups -OCH3 is 1. The molecular formula is C35H45NO4. The summed E-state index contributed by atoms with van der Waals surface area (Å²) >= 11 is 0. The molecule has 0 saturated heterocycles. The van der Waals surface area contributed by atoms with Crippen molar-refractivity contribution in [1.29, 1.82) is 0 Å². The second-order valence-corrected chi connectivity index (χ2v) is 12.6. The lowest BCUT2D eigenvalue weighted by molar-refractivity contribution is 0.0693. The van der Waals surface area contributed by atoms with Gasteiger partial charge in [-0.1, -0.05) is 71.9 Å². The quantitative estimate of drug-likeness (QED) is 0.238. The molecule has 0 saturated carbocycles. The lowest BCUT2D eigenvalue weighted by Crippen LogP contribution is -2.33. The van der Waals surface area contributed by atoms with Crippen molar-refractivity contribution in [3.05, 3.63) is 71.3 Å². The van der Waals surface area contributed by atoms with E-state index in [0.29, 0.717) is 18.4 Å². The first kappa shape index (κ1) is 29.7. The Balaban J connectivity index is 1.73. The fourth-order valence-corrected chi connectivity index (χ4v) is 5.66. The molecule has 0 aliphatic heterocycles. The Morgan fingerprint density at radius 2 is 1.50 bits per heavy atom. The second kappa shape index (κ2) is 12.1. The summed E-state index contributed by atoms with van der Waals surface area (Å²) in [6.07, 6.45) is 4.36. The molecule has 3 aromatic carbocycles. The third-order valence-corrected chi connectivity index (χ3v) is 8.29. The number of carboxylic acid groups (broad SMARTS) is 1. The van der Waals surface area contributed by atoms with Gasteiger partial charge in [0, 0.05) is 11.6 Å². The van der Waals surface area contributed by atoms with E-state index in [1.807, 2.05) is 18.2 Å². The van der Waals surface area contributed by atoms with Gasteiger partial charge >= 0.3 is 5.97 Å². The van der Waals surface area contributed by atoms with Gasteiger partial charge in [0.15, 0.2) is 0 Å². The van der Waals surface area contributed by atoms with Crippen molar-refractivity contribution in [1.82, 2.24) is 5.32 Å². The minimum absolute atomic E-state index is 0.100. The summed E-state index contributed by atoms with van der Waals surface area (Å²) in [5.74, 6) is 0.207. The van der Waals surface area contributed by atoms with Gasteiger partial charge in [-0.25, -0.2) is 4.79 Å². The highest BCUT2D eigenvalue weighted by molar-refractivity contribution is 5.92. The van der Waals surface area contributed by atoms with E-state index in [4.69, 9.17) is 9.47 Å². The number of fused-ring (bicyclic) bond motifs is 1. The maximum atomic E-state index is 11.6. The number of unbranched alkanes of at least 4 members (excludes halogenated alkanes) is 1. The highest BCUT2D eigenvalue weighted by Crippen LogP contribution is 2.47. The van der Waals surface area contributed by atoms with Gasteiger partial charge in [0.2, 0.25) is 0 Å². The molecule has 0 aromatic heterocycles. The van der Waals surface area contributed by atoms with Crippen LogP contribution in [0.25, 0.3) is 22.3 Å². The highest BCUT2D eigenvalue weighted by atomic mass is 16.5. The molecule has 0 amide bonds. The number of hydrogen-bond donors (Lipinski definition) is 2. The highest BCUT2D eigenvalue weighted by Gasteiger charge is 2.37. The van der Waals surface area contributed by atoms with Crippen molar-refractivity contribution in [3.63, 3.8) is 0 Å². The Hall–Kier alpha value is -3.31. The summed E-state index contributed by atoms with van der Waals surface area (Å²) in [6.45, 7) is 15.3. The van der Waals surface area contributed by atoms with Crippen LogP contribution in [0.3, 0.4) is 0 Å². The van der Waals surface area contributed by atoms with Gasteiger partial charge in [0.25, 0.3) is 0 Å². The zero-order valence-electron chi connectivity index (χ0n) is 25.2. The molecule has 0 heterocycles. The Bertz CT molecular complexity index is 1360.